The van der Waals surface area contributed by atoms with Gasteiger partial charge in [-0.15, -0.1) is 0 Å². The van der Waals surface area contributed by atoms with Crippen LogP contribution in [0.1, 0.15) is 25.3 Å². The van der Waals surface area contributed by atoms with Gasteiger partial charge in [0.1, 0.15) is 0 Å². The summed E-state index contributed by atoms with van der Waals surface area (Å²) >= 11 is 0. The molecule has 1 saturated heterocycles. The Kier molecular flexibility index (Phi) is 6.51. The van der Waals surface area contributed by atoms with Crippen molar-refractivity contribution >= 4 is 0 Å². The van der Waals surface area contributed by atoms with Gasteiger partial charge in [0.25, 0.3) is 0 Å². The molecule has 1 heterocycles. The molecule has 0 aromatic heterocycles. The molecular formula is C17H28N2O. The third-order valence-electron chi connectivity index (χ3n) is 4.17. The first-order valence-electron chi connectivity index (χ1n) is 7.93. The third kappa shape index (κ3) is 5.23. The lowest BCUT2D eigenvalue weighted by Gasteiger charge is -2.33. The Morgan fingerprint density at radius 1 is 1.25 bits per heavy atom. The van der Waals surface area contributed by atoms with Crippen molar-refractivity contribution in [3.63, 3.8) is 0 Å². The minimum atomic E-state index is -0.236. The predicted molar refractivity (Wildman–Crippen MR) is 83.9 cm³/mol. The Labute approximate surface area is 123 Å². The SMILES string of the molecule is CCNCC(O)CN1CCC(Cc2ccccc2)CC1. The van der Waals surface area contributed by atoms with Crippen molar-refractivity contribution < 1.29 is 5.11 Å². The number of nitrogens with zero attached hydrogens (tertiary/aromatic N) is 1. The fraction of sp³-hybridized carbons (Fsp3) is 0.647. The second-order valence-corrected chi connectivity index (χ2v) is 5.90. The number of nitrogens with one attached hydrogen (secondary N) is 1. The number of hydrogen-bond donors (Lipinski definition) is 2. The normalized spacial score (nSPS) is 19.1. The number of β-amino-alcohol motifs (C(OH)–C–C–N with tert-alkyl or cyclic N) is 1. The zero-order valence-electron chi connectivity index (χ0n) is 12.6. The number of benzene rings is 1. The molecule has 1 aliphatic rings. The van der Waals surface area contributed by atoms with Crippen molar-refractivity contribution in [3.8, 4) is 0 Å². The zero-order chi connectivity index (χ0) is 14.2. The summed E-state index contributed by atoms with van der Waals surface area (Å²) in [6, 6.07) is 10.8. The van der Waals surface area contributed by atoms with Crippen LogP contribution in [0.3, 0.4) is 0 Å². The van der Waals surface area contributed by atoms with E-state index in [1.165, 1.54) is 24.8 Å². The maximum atomic E-state index is 9.93. The van der Waals surface area contributed by atoms with E-state index in [0.717, 1.165) is 32.1 Å². The van der Waals surface area contributed by atoms with Crippen LogP contribution in [0, 0.1) is 5.92 Å². The summed E-state index contributed by atoms with van der Waals surface area (Å²) < 4.78 is 0. The van der Waals surface area contributed by atoms with E-state index < -0.39 is 0 Å². The third-order valence-corrected chi connectivity index (χ3v) is 4.17. The molecule has 0 amide bonds. The van der Waals surface area contributed by atoms with E-state index in [4.69, 9.17) is 0 Å². The second kappa shape index (κ2) is 8.40. The molecule has 1 aromatic carbocycles. The molecule has 2 N–H and O–H groups in total. The average molecular weight is 276 g/mol. The lowest BCUT2D eigenvalue weighted by Crippen LogP contribution is -2.42. The van der Waals surface area contributed by atoms with Gasteiger partial charge in [-0.25, -0.2) is 0 Å². The number of aliphatic hydroxyl groups excluding tert-OH is 1. The number of piperidine rings is 1. The number of rotatable bonds is 7. The second-order valence-electron chi connectivity index (χ2n) is 5.90. The van der Waals surface area contributed by atoms with Gasteiger partial charge in [-0.05, 0) is 50.4 Å². The minimum Gasteiger partial charge on any atom is -0.390 e. The maximum absolute atomic E-state index is 9.93. The zero-order valence-corrected chi connectivity index (χ0v) is 12.6. The molecule has 20 heavy (non-hydrogen) atoms. The molecule has 112 valence electrons. The van der Waals surface area contributed by atoms with Crippen LogP contribution >= 0.6 is 0 Å². The largest absolute Gasteiger partial charge is 0.390 e. The topological polar surface area (TPSA) is 35.5 Å². The first kappa shape index (κ1) is 15.5. The first-order valence-corrected chi connectivity index (χ1v) is 7.93. The molecule has 3 nitrogen and oxygen atoms in total. The van der Waals surface area contributed by atoms with Crippen LogP contribution in [0.4, 0.5) is 0 Å². The van der Waals surface area contributed by atoms with E-state index in [-0.39, 0.29) is 6.10 Å². The van der Waals surface area contributed by atoms with Crippen molar-refractivity contribution in [1.82, 2.24) is 10.2 Å². The summed E-state index contributed by atoms with van der Waals surface area (Å²) in [5.74, 6) is 0.805. The van der Waals surface area contributed by atoms with E-state index in [1.54, 1.807) is 0 Å². The highest BCUT2D eigenvalue weighted by Crippen LogP contribution is 2.21. The predicted octanol–water partition coefficient (Wildman–Crippen LogP) is 1.91. The molecule has 0 radical (unpaired) electrons. The average Bonchev–Trinajstić information content (AvgIpc) is 2.48. The van der Waals surface area contributed by atoms with Gasteiger partial charge in [0.2, 0.25) is 0 Å². The smallest absolute Gasteiger partial charge is 0.0791 e. The molecule has 0 spiro atoms. The van der Waals surface area contributed by atoms with Crippen molar-refractivity contribution in [1.29, 1.82) is 0 Å². The summed E-state index contributed by atoms with van der Waals surface area (Å²) in [6.07, 6.45) is 3.47. The molecule has 1 atom stereocenters. The fourth-order valence-corrected chi connectivity index (χ4v) is 2.99. The van der Waals surface area contributed by atoms with E-state index in [1.807, 2.05) is 0 Å². The summed E-state index contributed by atoms with van der Waals surface area (Å²) in [5.41, 5.74) is 1.46. The number of hydrogen-bond acceptors (Lipinski definition) is 3. The highest BCUT2D eigenvalue weighted by Gasteiger charge is 2.20. The molecule has 1 fully saturated rings. The number of aliphatic hydroxyl groups is 1. The molecule has 3 heteroatoms. The molecule has 0 saturated carbocycles. The minimum absolute atomic E-state index is 0.236. The monoisotopic (exact) mass is 276 g/mol. The highest BCUT2D eigenvalue weighted by molar-refractivity contribution is 5.15. The van der Waals surface area contributed by atoms with Crippen molar-refractivity contribution in [2.24, 2.45) is 5.92 Å². The summed E-state index contributed by atoms with van der Waals surface area (Å²) in [6.45, 7) is 6.77. The Balaban J connectivity index is 1.67. The van der Waals surface area contributed by atoms with Gasteiger partial charge in [-0.3, -0.25) is 0 Å². The van der Waals surface area contributed by atoms with Crippen LogP contribution in [-0.2, 0) is 6.42 Å². The molecule has 0 aliphatic carbocycles. The van der Waals surface area contributed by atoms with Gasteiger partial charge in [-0.1, -0.05) is 37.3 Å². The molecule has 1 unspecified atom stereocenters. The fourth-order valence-electron chi connectivity index (χ4n) is 2.99. The van der Waals surface area contributed by atoms with Gasteiger partial charge >= 0.3 is 0 Å². The van der Waals surface area contributed by atoms with Gasteiger partial charge in [0.05, 0.1) is 6.10 Å². The van der Waals surface area contributed by atoms with Gasteiger partial charge in [0, 0.05) is 13.1 Å². The Hall–Kier alpha value is -0.900. The van der Waals surface area contributed by atoms with E-state index in [0.29, 0.717) is 6.54 Å². The van der Waals surface area contributed by atoms with Crippen LogP contribution in [0.25, 0.3) is 0 Å². The lowest BCUT2D eigenvalue weighted by molar-refractivity contribution is 0.0890. The van der Waals surface area contributed by atoms with E-state index >= 15 is 0 Å². The van der Waals surface area contributed by atoms with Crippen molar-refractivity contribution in [2.75, 3.05) is 32.7 Å². The molecular weight excluding hydrogens is 248 g/mol. The van der Waals surface area contributed by atoms with Crippen LogP contribution in [0.5, 0.6) is 0 Å². The summed E-state index contributed by atoms with van der Waals surface area (Å²) in [5, 5.41) is 13.1. The lowest BCUT2D eigenvalue weighted by atomic mass is 9.90. The van der Waals surface area contributed by atoms with E-state index in [2.05, 4.69) is 47.5 Å². The quantitative estimate of drug-likeness (QED) is 0.798. The number of likely N-dealkylation sites (N-methyl/N-ethyl adjacent to an activating group) is 1. The summed E-state index contributed by atoms with van der Waals surface area (Å²) in [4.78, 5) is 2.41. The molecule has 1 aliphatic heterocycles. The maximum Gasteiger partial charge on any atom is 0.0791 e. The Morgan fingerprint density at radius 3 is 2.60 bits per heavy atom. The van der Waals surface area contributed by atoms with Gasteiger partial charge in [0.15, 0.2) is 0 Å². The number of likely N-dealkylation sites (tertiary alicyclic amines) is 1. The Morgan fingerprint density at radius 2 is 1.95 bits per heavy atom. The van der Waals surface area contributed by atoms with Gasteiger partial charge in [-0.2, -0.15) is 0 Å². The molecule has 2 rings (SSSR count). The van der Waals surface area contributed by atoms with Crippen LogP contribution in [0.2, 0.25) is 0 Å². The van der Waals surface area contributed by atoms with E-state index in [9.17, 15) is 5.11 Å². The van der Waals surface area contributed by atoms with Crippen LogP contribution in [0.15, 0.2) is 30.3 Å². The van der Waals surface area contributed by atoms with Crippen LogP contribution < -0.4 is 5.32 Å². The first-order chi connectivity index (χ1) is 9.78. The van der Waals surface area contributed by atoms with Gasteiger partial charge < -0.3 is 15.3 Å². The standard InChI is InChI=1S/C17H28N2O/c1-2-18-13-17(20)14-19-10-8-16(9-11-19)12-15-6-4-3-5-7-15/h3-7,16-18,20H,2,8-14H2,1H3. The molecule has 0 bridgehead atoms. The van der Waals surface area contributed by atoms with Crippen LogP contribution in [-0.4, -0.2) is 48.8 Å². The van der Waals surface area contributed by atoms with Crippen molar-refractivity contribution in [3.05, 3.63) is 35.9 Å². The molecule has 1 aromatic rings. The van der Waals surface area contributed by atoms with Crippen molar-refractivity contribution in [2.45, 2.75) is 32.3 Å². The summed E-state index contributed by atoms with van der Waals surface area (Å²) in [7, 11) is 0. The Bertz CT molecular complexity index is 361. The highest BCUT2D eigenvalue weighted by atomic mass is 16.3.